The molecule has 1 aromatic rings. The van der Waals surface area contributed by atoms with Gasteiger partial charge in [0.2, 0.25) is 0 Å². The molecular weight excluding hydrogens is 270 g/mol. The lowest BCUT2D eigenvalue weighted by atomic mass is 9.88. The Morgan fingerprint density at radius 2 is 1.14 bits per heavy atom. The van der Waals surface area contributed by atoms with Crippen LogP contribution in [0.2, 0.25) is 0 Å². The summed E-state index contributed by atoms with van der Waals surface area (Å²) in [6, 6.07) is 0. The number of carbonyl (C=O) groups is 1. The standard InChI is InChI=1S/C16H25NO4/c1-9-10(2)12(4)14(13(5)11(9)3)15(21)17-16(6-18,7-19)8-20/h18-20H,6-8H2,1-5H3,(H,17,21). The van der Waals surface area contributed by atoms with Gasteiger partial charge in [-0.2, -0.15) is 0 Å². The molecule has 5 heteroatoms. The van der Waals surface area contributed by atoms with E-state index in [2.05, 4.69) is 5.32 Å². The highest BCUT2D eigenvalue weighted by Gasteiger charge is 2.31. The number of hydrogen-bond donors (Lipinski definition) is 4. The Morgan fingerprint density at radius 1 is 0.810 bits per heavy atom. The number of rotatable bonds is 5. The van der Waals surface area contributed by atoms with Crippen LogP contribution in [-0.4, -0.2) is 46.6 Å². The van der Waals surface area contributed by atoms with E-state index in [-0.39, 0.29) is 0 Å². The molecule has 4 N–H and O–H groups in total. The number of amides is 1. The van der Waals surface area contributed by atoms with Crippen LogP contribution in [0.15, 0.2) is 0 Å². The summed E-state index contributed by atoms with van der Waals surface area (Å²) in [4.78, 5) is 12.5. The molecule has 0 bridgehead atoms. The third-order valence-corrected chi connectivity index (χ3v) is 4.51. The van der Waals surface area contributed by atoms with Crippen LogP contribution in [0.5, 0.6) is 0 Å². The largest absolute Gasteiger partial charge is 0.394 e. The summed E-state index contributed by atoms with van der Waals surface area (Å²) in [7, 11) is 0. The highest BCUT2D eigenvalue weighted by Crippen LogP contribution is 2.26. The van der Waals surface area contributed by atoms with Crippen molar-refractivity contribution in [3.05, 3.63) is 33.4 Å². The van der Waals surface area contributed by atoms with Crippen LogP contribution in [0.1, 0.15) is 38.2 Å². The average molecular weight is 295 g/mol. The molecule has 1 rings (SSSR count). The first-order valence-corrected chi connectivity index (χ1v) is 6.96. The van der Waals surface area contributed by atoms with E-state index in [1.54, 1.807) is 0 Å². The van der Waals surface area contributed by atoms with Crippen LogP contribution in [0, 0.1) is 34.6 Å². The highest BCUT2D eigenvalue weighted by molar-refractivity contribution is 5.98. The number of benzene rings is 1. The van der Waals surface area contributed by atoms with Gasteiger partial charge in [0, 0.05) is 5.56 Å². The van der Waals surface area contributed by atoms with Gasteiger partial charge in [-0.05, 0) is 62.4 Å². The molecule has 0 aliphatic rings. The number of nitrogens with one attached hydrogen (secondary N) is 1. The van der Waals surface area contributed by atoms with E-state index in [4.69, 9.17) is 0 Å². The minimum atomic E-state index is -1.41. The van der Waals surface area contributed by atoms with Crippen molar-refractivity contribution in [3.8, 4) is 0 Å². The van der Waals surface area contributed by atoms with E-state index in [0.29, 0.717) is 5.56 Å². The van der Waals surface area contributed by atoms with Crippen molar-refractivity contribution < 1.29 is 20.1 Å². The van der Waals surface area contributed by atoms with Crippen LogP contribution in [0.3, 0.4) is 0 Å². The summed E-state index contributed by atoms with van der Waals surface area (Å²) in [5.41, 5.74) is 4.11. The van der Waals surface area contributed by atoms with Gasteiger partial charge in [0.1, 0.15) is 5.54 Å². The molecule has 0 atom stereocenters. The van der Waals surface area contributed by atoms with Crippen molar-refractivity contribution >= 4 is 5.91 Å². The molecule has 0 aromatic heterocycles. The lowest BCUT2D eigenvalue weighted by molar-refractivity contribution is 0.0374. The molecule has 0 heterocycles. The second-order valence-corrected chi connectivity index (χ2v) is 5.71. The van der Waals surface area contributed by atoms with Crippen LogP contribution < -0.4 is 5.32 Å². The summed E-state index contributed by atoms with van der Waals surface area (Å²) in [5.74, 6) is -0.395. The SMILES string of the molecule is Cc1c(C)c(C)c(C(=O)NC(CO)(CO)CO)c(C)c1C. The molecule has 0 radical (unpaired) electrons. The van der Waals surface area contributed by atoms with E-state index >= 15 is 0 Å². The minimum Gasteiger partial charge on any atom is -0.394 e. The van der Waals surface area contributed by atoms with Crippen molar-refractivity contribution in [2.24, 2.45) is 0 Å². The molecule has 0 unspecified atom stereocenters. The highest BCUT2D eigenvalue weighted by atomic mass is 16.3. The fourth-order valence-electron chi connectivity index (χ4n) is 2.41. The van der Waals surface area contributed by atoms with Gasteiger partial charge >= 0.3 is 0 Å². The quantitative estimate of drug-likeness (QED) is 0.643. The van der Waals surface area contributed by atoms with Crippen molar-refractivity contribution in [2.75, 3.05) is 19.8 Å². The van der Waals surface area contributed by atoms with Crippen LogP contribution in [0.25, 0.3) is 0 Å². The van der Waals surface area contributed by atoms with Gasteiger partial charge in [-0.15, -0.1) is 0 Å². The zero-order valence-corrected chi connectivity index (χ0v) is 13.4. The van der Waals surface area contributed by atoms with Gasteiger partial charge in [-0.1, -0.05) is 0 Å². The third-order valence-electron chi connectivity index (χ3n) is 4.51. The van der Waals surface area contributed by atoms with E-state index in [9.17, 15) is 20.1 Å². The van der Waals surface area contributed by atoms with Crippen molar-refractivity contribution in [1.29, 1.82) is 0 Å². The van der Waals surface area contributed by atoms with E-state index in [1.807, 2.05) is 34.6 Å². The molecule has 0 spiro atoms. The molecule has 1 amide bonds. The van der Waals surface area contributed by atoms with Gasteiger partial charge in [-0.25, -0.2) is 0 Å². The molecule has 0 fully saturated rings. The Labute approximate surface area is 125 Å². The summed E-state index contributed by atoms with van der Waals surface area (Å²) < 4.78 is 0. The van der Waals surface area contributed by atoms with Gasteiger partial charge < -0.3 is 20.6 Å². The summed E-state index contributed by atoms with van der Waals surface area (Å²) in [5, 5.41) is 30.6. The second-order valence-electron chi connectivity index (χ2n) is 5.71. The number of aliphatic hydroxyl groups excluding tert-OH is 3. The molecule has 0 aliphatic heterocycles. The normalized spacial score (nSPS) is 11.6. The van der Waals surface area contributed by atoms with E-state index < -0.39 is 31.3 Å². The first kappa shape index (κ1) is 17.6. The topological polar surface area (TPSA) is 89.8 Å². The van der Waals surface area contributed by atoms with Crippen molar-refractivity contribution in [1.82, 2.24) is 5.32 Å². The predicted octanol–water partition coefficient (Wildman–Crippen LogP) is 0.674. The Hall–Kier alpha value is -1.43. The van der Waals surface area contributed by atoms with E-state index in [1.165, 1.54) is 0 Å². The Kier molecular flexibility index (Phi) is 5.50. The Morgan fingerprint density at radius 3 is 1.48 bits per heavy atom. The summed E-state index contributed by atoms with van der Waals surface area (Å²) in [6.07, 6.45) is 0. The summed E-state index contributed by atoms with van der Waals surface area (Å²) >= 11 is 0. The number of carbonyl (C=O) groups excluding carboxylic acids is 1. The minimum absolute atomic E-state index is 0.395. The van der Waals surface area contributed by atoms with Gasteiger partial charge in [0.05, 0.1) is 19.8 Å². The average Bonchev–Trinajstić information content (AvgIpc) is 2.49. The molecule has 0 saturated heterocycles. The molecule has 1 aromatic carbocycles. The van der Waals surface area contributed by atoms with Gasteiger partial charge in [-0.3, -0.25) is 4.79 Å². The van der Waals surface area contributed by atoms with Crippen molar-refractivity contribution in [2.45, 2.75) is 40.2 Å². The maximum atomic E-state index is 12.5. The zero-order valence-electron chi connectivity index (χ0n) is 13.4. The van der Waals surface area contributed by atoms with Crippen molar-refractivity contribution in [3.63, 3.8) is 0 Å². The second kappa shape index (κ2) is 6.56. The maximum Gasteiger partial charge on any atom is 0.252 e. The van der Waals surface area contributed by atoms with E-state index in [0.717, 1.165) is 27.8 Å². The molecule has 0 aliphatic carbocycles. The van der Waals surface area contributed by atoms with Crippen LogP contribution in [-0.2, 0) is 0 Å². The smallest absolute Gasteiger partial charge is 0.252 e. The summed E-state index contributed by atoms with van der Waals surface area (Å²) in [6.45, 7) is 8.10. The number of aliphatic hydroxyl groups is 3. The number of hydrogen-bond acceptors (Lipinski definition) is 4. The molecule has 118 valence electrons. The van der Waals surface area contributed by atoms with Gasteiger partial charge in [0.25, 0.3) is 5.91 Å². The lowest BCUT2D eigenvalue weighted by Gasteiger charge is -2.30. The van der Waals surface area contributed by atoms with Crippen LogP contribution >= 0.6 is 0 Å². The monoisotopic (exact) mass is 295 g/mol. The Balaban J connectivity index is 3.32. The fourth-order valence-corrected chi connectivity index (χ4v) is 2.41. The molecular formula is C16H25NO4. The molecule has 21 heavy (non-hydrogen) atoms. The maximum absolute atomic E-state index is 12.5. The molecule has 5 nitrogen and oxygen atoms in total. The first-order valence-electron chi connectivity index (χ1n) is 6.96. The fraction of sp³-hybridized carbons (Fsp3) is 0.562. The Bertz CT molecular complexity index is 510. The lowest BCUT2D eigenvalue weighted by Crippen LogP contribution is -2.57. The molecule has 0 saturated carbocycles. The van der Waals surface area contributed by atoms with Crippen LogP contribution in [0.4, 0.5) is 0 Å². The third kappa shape index (κ3) is 3.10. The predicted molar refractivity (Wildman–Crippen MR) is 81.6 cm³/mol. The van der Waals surface area contributed by atoms with Gasteiger partial charge in [0.15, 0.2) is 0 Å². The first-order chi connectivity index (χ1) is 9.74. The zero-order chi connectivity index (χ0) is 16.4.